The van der Waals surface area contributed by atoms with Gasteiger partial charge in [-0.1, -0.05) is 46.6 Å². The van der Waals surface area contributed by atoms with E-state index in [1.807, 2.05) is 31.7 Å². The van der Waals surface area contributed by atoms with Crippen LogP contribution in [0.3, 0.4) is 0 Å². The number of nitrogens with zero attached hydrogens (tertiary/aromatic N) is 4. The van der Waals surface area contributed by atoms with Crippen molar-refractivity contribution in [3.63, 3.8) is 0 Å². The van der Waals surface area contributed by atoms with Gasteiger partial charge in [0.25, 0.3) is 5.91 Å². The number of hydrazone groups is 1. The summed E-state index contributed by atoms with van der Waals surface area (Å²) in [7, 11) is 3.31. The molecule has 2 amide bonds. The number of allylic oxidation sites excluding steroid dienone is 1. The molecule has 3 rings (SSSR count). The molecule has 1 saturated heterocycles. The minimum atomic E-state index is -0.468. The molecule has 42 heavy (non-hydrogen) atoms. The summed E-state index contributed by atoms with van der Waals surface area (Å²) in [5.74, 6) is -0.187. The maximum Gasteiger partial charge on any atom is 0.256 e. The Morgan fingerprint density at radius 1 is 1.14 bits per heavy atom. The van der Waals surface area contributed by atoms with Gasteiger partial charge < -0.3 is 19.7 Å². The molecule has 2 fully saturated rings. The summed E-state index contributed by atoms with van der Waals surface area (Å²) in [6.07, 6.45) is 11.0. The Morgan fingerprint density at radius 3 is 2.36 bits per heavy atom. The number of carbonyl (C=O) groups excluding carboxylic acids is 2. The van der Waals surface area contributed by atoms with E-state index < -0.39 is 5.92 Å². The third-order valence-corrected chi connectivity index (χ3v) is 7.88. The fourth-order valence-electron chi connectivity index (χ4n) is 5.38. The van der Waals surface area contributed by atoms with E-state index in [0.717, 1.165) is 57.5 Å². The number of rotatable bonds is 10. The second kappa shape index (κ2) is 20.9. The second-order valence-electron chi connectivity index (χ2n) is 10.5. The Kier molecular flexibility index (Phi) is 18.5. The number of methoxy groups -OCH3 is 2. The van der Waals surface area contributed by atoms with Gasteiger partial charge in [-0.3, -0.25) is 19.5 Å². The van der Waals surface area contributed by atoms with Crippen LogP contribution >= 0.6 is 0 Å². The molecule has 0 aromatic rings. The summed E-state index contributed by atoms with van der Waals surface area (Å²) in [5.41, 5.74) is 2.03. The van der Waals surface area contributed by atoms with Gasteiger partial charge >= 0.3 is 0 Å². The van der Waals surface area contributed by atoms with Crippen molar-refractivity contribution in [3.05, 3.63) is 48.4 Å². The maximum atomic E-state index is 13.4. The van der Waals surface area contributed by atoms with Gasteiger partial charge in [-0.05, 0) is 38.2 Å². The minimum absolute atomic E-state index is 0.0410. The van der Waals surface area contributed by atoms with Crippen molar-refractivity contribution in [2.45, 2.75) is 78.7 Å². The number of amides is 2. The van der Waals surface area contributed by atoms with E-state index in [1.54, 1.807) is 20.4 Å². The third kappa shape index (κ3) is 11.4. The van der Waals surface area contributed by atoms with Crippen LogP contribution in [-0.4, -0.2) is 99.0 Å². The van der Waals surface area contributed by atoms with E-state index in [0.29, 0.717) is 42.7 Å². The van der Waals surface area contributed by atoms with Gasteiger partial charge in [-0.15, -0.1) is 13.2 Å². The standard InChI is InChI=1S/C29H47N5O4.C2H6.C2H4/c1-6-24-21-34(25-11-8-7-9-12-25)30-20-22(2)28(35)31-26(24)19-27(38-5)23(3)29(36)33-16-14-32(15-17-33)13-10-18-37-4;2*1-2/h19-20,23,25H,2,6-18,21H2,1,3-5H3,(H,31,35);1-2H3;1-2H2/b26-24-,27-19+,30-20-;;. The van der Waals surface area contributed by atoms with Crippen LogP contribution in [0.1, 0.15) is 72.6 Å². The molecular formula is C33H57N5O4. The van der Waals surface area contributed by atoms with Crippen LogP contribution in [-0.2, 0) is 19.1 Å². The highest BCUT2D eigenvalue weighted by Gasteiger charge is 2.29. The third-order valence-electron chi connectivity index (χ3n) is 7.88. The van der Waals surface area contributed by atoms with Crippen molar-refractivity contribution in [1.82, 2.24) is 20.1 Å². The lowest BCUT2D eigenvalue weighted by Crippen LogP contribution is -2.50. The molecule has 9 nitrogen and oxygen atoms in total. The van der Waals surface area contributed by atoms with Crippen LogP contribution in [0.25, 0.3) is 0 Å². The van der Waals surface area contributed by atoms with Gasteiger partial charge in [0.1, 0.15) is 5.76 Å². The van der Waals surface area contributed by atoms with Gasteiger partial charge in [0, 0.05) is 64.3 Å². The number of hydrogen-bond donors (Lipinski definition) is 1. The summed E-state index contributed by atoms with van der Waals surface area (Å²) in [5, 5.41) is 9.82. The zero-order chi connectivity index (χ0) is 31.5. The lowest BCUT2D eigenvalue weighted by molar-refractivity contribution is -0.136. The van der Waals surface area contributed by atoms with Gasteiger partial charge in [0.05, 0.1) is 31.4 Å². The van der Waals surface area contributed by atoms with Crippen molar-refractivity contribution < 1.29 is 19.1 Å². The first kappa shape index (κ1) is 37.1. The van der Waals surface area contributed by atoms with Gasteiger partial charge in [0.2, 0.25) is 5.91 Å². The molecule has 1 atom stereocenters. The zero-order valence-electron chi connectivity index (χ0n) is 27.3. The molecular weight excluding hydrogens is 530 g/mol. The SMILES string of the molecule is C=C.C=C1/C=N\N(C2CCCCC2)C/C(CC)=C(/C=C(/OC)C(C)C(=O)N2CCN(CCCOC)CC2)NC1=O.CC. The Morgan fingerprint density at radius 2 is 1.79 bits per heavy atom. The average molecular weight is 588 g/mol. The molecule has 0 bridgehead atoms. The molecule has 2 heterocycles. The lowest BCUT2D eigenvalue weighted by atomic mass is 9.94. The van der Waals surface area contributed by atoms with E-state index >= 15 is 0 Å². The largest absolute Gasteiger partial charge is 0.500 e. The molecule has 0 aromatic carbocycles. The van der Waals surface area contributed by atoms with Crippen LogP contribution in [0.15, 0.2) is 53.5 Å². The summed E-state index contributed by atoms with van der Waals surface area (Å²) in [4.78, 5) is 30.6. The normalized spacial score (nSPS) is 22.3. The highest BCUT2D eigenvalue weighted by Crippen LogP contribution is 2.26. The molecule has 1 N–H and O–H groups in total. The lowest BCUT2D eigenvalue weighted by Gasteiger charge is -2.36. The Hall–Kier alpha value is -2.91. The fraction of sp³-hybridized carbons (Fsp3) is 0.667. The molecule has 0 aromatic heterocycles. The first-order valence-corrected chi connectivity index (χ1v) is 15.7. The second-order valence-corrected chi connectivity index (χ2v) is 10.5. The van der Waals surface area contributed by atoms with Crippen molar-refractivity contribution in [1.29, 1.82) is 0 Å². The number of piperazine rings is 1. The molecule has 0 spiro atoms. The van der Waals surface area contributed by atoms with E-state index in [2.05, 4.69) is 47.0 Å². The zero-order valence-corrected chi connectivity index (χ0v) is 27.3. The number of carbonyl (C=O) groups is 2. The summed E-state index contributed by atoms with van der Waals surface area (Å²) in [6, 6.07) is 0.350. The Labute approximate surface area is 255 Å². The molecule has 1 unspecified atom stereocenters. The number of nitrogens with one attached hydrogen (secondary N) is 1. The molecule has 238 valence electrons. The predicted octanol–water partition coefficient (Wildman–Crippen LogP) is 5.13. The molecule has 1 aliphatic carbocycles. The monoisotopic (exact) mass is 587 g/mol. The van der Waals surface area contributed by atoms with E-state index in [1.165, 1.54) is 19.3 Å². The van der Waals surface area contributed by atoms with Crippen LogP contribution in [0.5, 0.6) is 0 Å². The van der Waals surface area contributed by atoms with Crippen LogP contribution in [0.4, 0.5) is 0 Å². The maximum absolute atomic E-state index is 13.4. The molecule has 3 aliphatic rings. The van der Waals surface area contributed by atoms with Gasteiger partial charge in [-0.25, -0.2) is 0 Å². The Balaban J connectivity index is 0.00000211. The predicted molar refractivity (Wildman–Crippen MR) is 173 cm³/mol. The summed E-state index contributed by atoms with van der Waals surface area (Å²) < 4.78 is 10.9. The van der Waals surface area contributed by atoms with E-state index in [-0.39, 0.29) is 11.8 Å². The van der Waals surface area contributed by atoms with Crippen molar-refractivity contribution >= 4 is 18.0 Å². The summed E-state index contributed by atoms with van der Waals surface area (Å²) >= 11 is 0. The van der Waals surface area contributed by atoms with E-state index in [9.17, 15) is 9.59 Å². The van der Waals surface area contributed by atoms with Crippen LogP contribution in [0.2, 0.25) is 0 Å². The first-order chi connectivity index (χ1) is 20.4. The smallest absolute Gasteiger partial charge is 0.256 e. The highest BCUT2D eigenvalue weighted by atomic mass is 16.5. The van der Waals surface area contributed by atoms with Gasteiger partial charge in [-0.2, -0.15) is 5.10 Å². The van der Waals surface area contributed by atoms with Crippen molar-refractivity contribution in [2.75, 3.05) is 60.1 Å². The molecule has 1 saturated carbocycles. The fourth-order valence-corrected chi connectivity index (χ4v) is 5.38. The highest BCUT2D eigenvalue weighted by molar-refractivity contribution is 6.12. The number of hydrogen-bond acceptors (Lipinski definition) is 7. The van der Waals surface area contributed by atoms with Crippen molar-refractivity contribution in [2.24, 2.45) is 11.0 Å². The van der Waals surface area contributed by atoms with Gasteiger partial charge in [0.15, 0.2) is 0 Å². The van der Waals surface area contributed by atoms with Crippen LogP contribution < -0.4 is 5.32 Å². The minimum Gasteiger partial charge on any atom is -0.500 e. The molecule has 0 radical (unpaired) electrons. The summed E-state index contributed by atoms with van der Waals surface area (Å²) in [6.45, 7) is 23.3. The first-order valence-electron chi connectivity index (χ1n) is 15.7. The topological polar surface area (TPSA) is 86.7 Å². The Bertz CT molecular complexity index is 931. The quantitative estimate of drug-likeness (QED) is 0.165. The van der Waals surface area contributed by atoms with Crippen LogP contribution in [0, 0.1) is 5.92 Å². The van der Waals surface area contributed by atoms with E-state index in [4.69, 9.17) is 9.47 Å². The van der Waals surface area contributed by atoms with Crippen molar-refractivity contribution in [3.8, 4) is 0 Å². The number of ether oxygens (including phenoxy) is 2. The average Bonchev–Trinajstić information content (AvgIpc) is 3.10. The molecule has 9 heteroatoms. The molecule has 2 aliphatic heterocycles.